The van der Waals surface area contributed by atoms with Crippen LogP contribution in [0.25, 0.3) is 0 Å². The van der Waals surface area contributed by atoms with Crippen LogP contribution in [0, 0.1) is 11.6 Å². The molecule has 0 saturated carbocycles. The summed E-state index contributed by atoms with van der Waals surface area (Å²) in [6.45, 7) is 6.04. The summed E-state index contributed by atoms with van der Waals surface area (Å²) in [7, 11) is 0. The van der Waals surface area contributed by atoms with Crippen molar-refractivity contribution in [2.45, 2.75) is 20.3 Å². The topological polar surface area (TPSA) is 34.1 Å². The Morgan fingerprint density at radius 1 is 1.30 bits per heavy atom. The predicted octanol–water partition coefficient (Wildman–Crippen LogP) is 3.56. The van der Waals surface area contributed by atoms with Crippen molar-refractivity contribution in [2.24, 2.45) is 4.99 Å². The van der Waals surface area contributed by atoms with Gasteiger partial charge in [0.05, 0.1) is 13.2 Å². The van der Waals surface area contributed by atoms with E-state index in [1.54, 1.807) is 0 Å². The number of nitrogens with zero attached hydrogens (tertiary/aromatic N) is 2. The number of ether oxygens (including phenoxy) is 1. The van der Waals surface area contributed by atoms with Gasteiger partial charge in [-0.15, -0.1) is 0 Å². The van der Waals surface area contributed by atoms with Crippen LogP contribution in [0.2, 0.25) is 0 Å². The van der Waals surface area contributed by atoms with Crippen LogP contribution in [0.3, 0.4) is 0 Å². The number of amidine groups is 1. The first-order valence-corrected chi connectivity index (χ1v) is 10.5. The van der Waals surface area contributed by atoms with Crippen molar-refractivity contribution in [1.29, 1.82) is 0 Å². The Labute approximate surface area is 140 Å². The molecule has 1 atom stereocenters. The summed E-state index contributed by atoms with van der Waals surface area (Å²) in [4.78, 5) is 4.41. The minimum Gasteiger partial charge on any atom is -0.463 e. The maximum Gasteiger partial charge on any atom is 0.293 e. The van der Waals surface area contributed by atoms with Crippen LogP contribution < -0.4 is 0 Å². The molecule has 0 radical (unpaired) electrons. The molecule has 0 amide bonds. The molecule has 1 unspecified atom stereocenters. The molecule has 0 N–H and O–H groups in total. The molecule has 4 nitrogen and oxygen atoms in total. The maximum atomic E-state index is 13.2. The van der Waals surface area contributed by atoms with Crippen molar-refractivity contribution in [2.75, 3.05) is 32.5 Å². The van der Waals surface area contributed by atoms with Crippen molar-refractivity contribution in [3.63, 3.8) is 0 Å². The highest BCUT2D eigenvalue weighted by Gasteiger charge is 2.32. The minimum absolute atomic E-state index is 0.375. The molecule has 1 aliphatic rings. The van der Waals surface area contributed by atoms with E-state index in [4.69, 9.17) is 21.1 Å². The van der Waals surface area contributed by atoms with Gasteiger partial charge in [-0.1, -0.05) is 6.92 Å². The number of benzene rings is 1. The largest absolute Gasteiger partial charge is 0.463 e. The van der Waals surface area contributed by atoms with E-state index in [1.807, 2.05) is 18.5 Å². The van der Waals surface area contributed by atoms with Crippen LogP contribution in [0.15, 0.2) is 23.2 Å². The molecule has 0 spiro atoms. The minimum atomic E-state index is -2.14. The fourth-order valence-electron chi connectivity index (χ4n) is 2.37. The number of hydrogen-bond acceptors (Lipinski definition) is 4. The highest BCUT2D eigenvalue weighted by atomic mass is 32.4. The lowest BCUT2D eigenvalue weighted by atomic mass is 10.1. The van der Waals surface area contributed by atoms with E-state index < -0.39 is 18.0 Å². The van der Waals surface area contributed by atoms with Crippen LogP contribution in [-0.2, 0) is 27.5 Å². The summed E-state index contributed by atoms with van der Waals surface area (Å²) in [6, 6.07) is 3.97. The van der Waals surface area contributed by atoms with Crippen LogP contribution in [0.4, 0.5) is 8.78 Å². The molecule has 1 saturated heterocycles. The third kappa shape index (κ3) is 4.72. The lowest BCUT2D eigenvalue weighted by molar-refractivity contribution is 0.348. The molecule has 0 aliphatic carbocycles. The van der Waals surface area contributed by atoms with E-state index in [0.29, 0.717) is 44.3 Å². The maximum absolute atomic E-state index is 13.2. The van der Waals surface area contributed by atoms with E-state index >= 15 is 0 Å². The monoisotopic (exact) mass is 362 g/mol. The third-order valence-electron chi connectivity index (χ3n) is 3.42. The molecule has 0 aromatic heterocycles. The van der Waals surface area contributed by atoms with E-state index in [0.717, 1.165) is 12.2 Å². The lowest BCUT2D eigenvalue weighted by Gasteiger charge is -2.29. The quantitative estimate of drug-likeness (QED) is 0.695. The summed E-state index contributed by atoms with van der Waals surface area (Å²) in [5.74, 6) is -1.16. The van der Waals surface area contributed by atoms with Gasteiger partial charge in [0.15, 0.2) is 6.42 Å². The summed E-state index contributed by atoms with van der Waals surface area (Å²) in [5.41, 5.74) is 0.566. The molecule has 2 rings (SSSR count). The Morgan fingerprint density at radius 2 is 2.00 bits per heavy atom. The number of halogens is 2. The Balaban J connectivity index is 2.04. The van der Waals surface area contributed by atoms with Crippen molar-refractivity contribution in [3.05, 3.63) is 35.4 Å². The molecular weight excluding hydrogens is 341 g/mol. The number of hydrogen-bond donors (Lipinski definition) is 0. The van der Waals surface area contributed by atoms with E-state index in [1.165, 1.54) is 12.1 Å². The fourth-order valence-corrected chi connectivity index (χ4v) is 4.98. The molecule has 1 heterocycles. The first kappa shape index (κ1) is 18.3. The van der Waals surface area contributed by atoms with E-state index in [-0.39, 0.29) is 0 Å². The molecule has 8 heteroatoms. The predicted molar refractivity (Wildman–Crippen MR) is 91.5 cm³/mol. The Hall–Kier alpha value is -1.04. The first-order chi connectivity index (χ1) is 11.0. The average Bonchev–Trinajstić information content (AvgIpc) is 2.95. The van der Waals surface area contributed by atoms with Gasteiger partial charge < -0.3 is 9.26 Å². The van der Waals surface area contributed by atoms with Crippen molar-refractivity contribution < 1.29 is 18.0 Å². The second kappa shape index (κ2) is 8.18. The Bertz CT molecular complexity index is 607. The summed E-state index contributed by atoms with van der Waals surface area (Å²) in [6.07, 6.45) is -0.982. The van der Waals surface area contributed by atoms with Gasteiger partial charge in [0.1, 0.15) is 18.2 Å². The average molecular weight is 362 g/mol. The van der Waals surface area contributed by atoms with Crippen molar-refractivity contribution in [3.8, 4) is 0 Å². The van der Waals surface area contributed by atoms with Gasteiger partial charge in [0.2, 0.25) is 0 Å². The van der Waals surface area contributed by atoms with Gasteiger partial charge in [0, 0.05) is 18.8 Å². The molecule has 1 aromatic carbocycles. The van der Waals surface area contributed by atoms with E-state index in [9.17, 15) is 8.78 Å². The molecule has 1 aromatic rings. The summed E-state index contributed by atoms with van der Waals surface area (Å²) >= 11 is 5.67. The van der Waals surface area contributed by atoms with Crippen LogP contribution in [0.1, 0.15) is 19.4 Å². The van der Waals surface area contributed by atoms with Crippen LogP contribution >= 0.6 is 6.42 Å². The SMILES string of the molecule is CCOP(=S)(CC)N1CCOC1=NCCc1cc(F)cc(F)c1. The standard InChI is InChI=1S/C15H21F2N2O2PS/c1-3-21-22(23,4-2)19-7-8-20-15(19)18-6-5-12-9-13(16)11-14(17)10-12/h9-11H,3-8H2,1-2H3. The molecule has 0 bridgehead atoms. The fraction of sp³-hybridized carbons (Fsp3) is 0.533. The van der Waals surface area contributed by atoms with Gasteiger partial charge in [-0.25, -0.2) is 13.8 Å². The summed E-state index contributed by atoms with van der Waals surface area (Å²) < 4.78 is 39.6. The molecule has 1 fully saturated rings. The second-order valence-corrected chi connectivity index (χ2v) is 9.40. The smallest absolute Gasteiger partial charge is 0.293 e. The second-order valence-electron chi connectivity index (χ2n) is 5.04. The third-order valence-corrected chi connectivity index (χ3v) is 7.67. The van der Waals surface area contributed by atoms with Crippen LogP contribution in [0.5, 0.6) is 0 Å². The lowest BCUT2D eigenvalue weighted by Crippen LogP contribution is -2.25. The zero-order chi connectivity index (χ0) is 16.9. The Kier molecular flexibility index (Phi) is 6.50. The van der Waals surface area contributed by atoms with Crippen LogP contribution in [-0.4, -0.2) is 43.2 Å². The normalized spacial score (nSPS) is 19.0. The zero-order valence-corrected chi connectivity index (χ0v) is 15.0. The van der Waals surface area contributed by atoms with Gasteiger partial charge in [0.25, 0.3) is 6.02 Å². The van der Waals surface area contributed by atoms with Gasteiger partial charge in [-0.05, 0) is 42.8 Å². The summed E-state index contributed by atoms with van der Waals surface area (Å²) in [5, 5.41) is 0. The van der Waals surface area contributed by atoms with Gasteiger partial charge in [-0.2, -0.15) is 0 Å². The number of rotatable bonds is 7. The van der Waals surface area contributed by atoms with Gasteiger partial charge >= 0.3 is 0 Å². The number of aliphatic imine (C=N–C) groups is 1. The molecule has 128 valence electrons. The Morgan fingerprint density at radius 3 is 2.61 bits per heavy atom. The van der Waals surface area contributed by atoms with Crippen molar-refractivity contribution >= 4 is 24.2 Å². The highest BCUT2D eigenvalue weighted by molar-refractivity contribution is 8.11. The molecular formula is C15H21F2N2O2PS. The van der Waals surface area contributed by atoms with Crippen molar-refractivity contribution in [1.82, 2.24) is 4.67 Å². The van der Waals surface area contributed by atoms with Gasteiger partial charge in [-0.3, -0.25) is 4.67 Å². The zero-order valence-electron chi connectivity index (χ0n) is 13.3. The van der Waals surface area contributed by atoms with E-state index in [2.05, 4.69) is 4.99 Å². The first-order valence-electron chi connectivity index (χ1n) is 7.62. The molecule has 1 aliphatic heterocycles. The highest BCUT2D eigenvalue weighted by Crippen LogP contribution is 2.52. The molecule has 23 heavy (non-hydrogen) atoms.